The van der Waals surface area contributed by atoms with Crippen molar-refractivity contribution in [3.63, 3.8) is 0 Å². The molecule has 0 radical (unpaired) electrons. The summed E-state index contributed by atoms with van der Waals surface area (Å²) in [6.07, 6.45) is 10.6. The van der Waals surface area contributed by atoms with Crippen LogP contribution in [0.4, 0.5) is 17.3 Å². The number of amides is 3. The highest BCUT2D eigenvalue weighted by Gasteiger charge is 2.23. The SMILES string of the molecule is C=Nc1cc(C(N)=O)cc(OC)c1N(C/C=C/Cn1c(NC(=O)c2cc(C)nn2CC)nc2cc(C(N)=O)cc(OC/C=C/CN3CCC(N)CC3)c21)CNC.CCn1nc(C)cc1C=O. The molecule has 66 heavy (non-hydrogen) atoms. The molecule has 6 rings (SSSR count). The van der Waals surface area contributed by atoms with Gasteiger partial charge in [0.1, 0.15) is 40.7 Å². The first-order chi connectivity index (χ1) is 31.7. The van der Waals surface area contributed by atoms with E-state index in [4.69, 9.17) is 31.7 Å². The summed E-state index contributed by atoms with van der Waals surface area (Å²) in [6, 6.07) is 10.0. The Kier molecular flexibility index (Phi) is 17.9. The average Bonchev–Trinajstić information content (AvgIpc) is 4.00. The fraction of sp³-hybridized carbons (Fsp3) is 0.391. The zero-order chi connectivity index (χ0) is 47.9. The number of carbonyl (C=O) groups excluding carboxylic acids is 4. The summed E-state index contributed by atoms with van der Waals surface area (Å²) < 4.78 is 17.0. The Labute approximate surface area is 384 Å². The number of piperidine rings is 1. The van der Waals surface area contributed by atoms with Crippen LogP contribution in [0.3, 0.4) is 0 Å². The van der Waals surface area contributed by atoms with Crippen molar-refractivity contribution in [2.45, 2.75) is 66.2 Å². The lowest BCUT2D eigenvalue weighted by Gasteiger charge is -2.28. The second-order valence-corrected chi connectivity index (χ2v) is 15.5. The van der Waals surface area contributed by atoms with Crippen molar-refractivity contribution >= 4 is 59.1 Å². The quantitative estimate of drug-likeness (QED) is 0.0303. The number of imidazole rings is 1. The number of allylic oxidation sites excluding steroid dienone is 1. The Morgan fingerprint density at radius 1 is 0.909 bits per heavy atom. The van der Waals surface area contributed by atoms with E-state index in [-0.39, 0.29) is 36.3 Å². The Hall–Kier alpha value is -7.16. The van der Waals surface area contributed by atoms with Gasteiger partial charge in [-0.15, -0.1) is 0 Å². The predicted octanol–water partition coefficient (Wildman–Crippen LogP) is 3.97. The number of aromatic nitrogens is 6. The van der Waals surface area contributed by atoms with Crippen LogP contribution in [0, 0.1) is 13.8 Å². The van der Waals surface area contributed by atoms with Crippen LogP contribution in [0.1, 0.15) is 79.8 Å². The first-order valence-corrected chi connectivity index (χ1v) is 21.7. The molecule has 3 amide bonds. The van der Waals surface area contributed by atoms with Gasteiger partial charge in [-0.25, -0.2) is 4.98 Å². The highest BCUT2D eigenvalue weighted by Crippen LogP contribution is 2.39. The number of carbonyl (C=O) groups is 4. The van der Waals surface area contributed by atoms with Gasteiger partial charge in [-0.05, 0) is 104 Å². The molecule has 0 bridgehead atoms. The van der Waals surface area contributed by atoms with Crippen molar-refractivity contribution in [1.82, 2.24) is 39.3 Å². The van der Waals surface area contributed by atoms with E-state index in [9.17, 15) is 19.2 Å². The predicted molar refractivity (Wildman–Crippen MR) is 256 cm³/mol. The maximum absolute atomic E-state index is 13.7. The second kappa shape index (κ2) is 23.7. The molecule has 20 heteroatoms. The summed E-state index contributed by atoms with van der Waals surface area (Å²) in [7, 11) is 3.31. The van der Waals surface area contributed by atoms with E-state index in [2.05, 4.69) is 43.5 Å². The van der Waals surface area contributed by atoms with Gasteiger partial charge < -0.3 is 41.5 Å². The van der Waals surface area contributed by atoms with Crippen LogP contribution in [0.15, 0.2) is 65.7 Å². The molecular weight excluding hydrogens is 845 g/mol. The summed E-state index contributed by atoms with van der Waals surface area (Å²) >= 11 is 0. The minimum absolute atomic E-state index is 0.213. The molecule has 5 aromatic rings. The van der Waals surface area contributed by atoms with Gasteiger partial charge in [0.05, 0.1) is 36.4 Å². The van der Waals surface area contributed by atoms with Crippen LogP contribution in [0.2, 0.25) is 0 Å². The number of rotatable bonds is 21. The molecule has 352 valence electrons. The smallest absolute Gasteiger partial charge is 0.276 e. The van der Waals surface area contributed by atoms with E-state index in [0.717, 1.165) is 51.0 Å². The number of nitrogens with zero attached hydrogens (tertiary/aromatic N) is 9. The Bertz CT molecular complexity index is 2560. The number of anilines is 2. The molecular formula is C46H62N14O6. The third kappa shape index (κ3) is 12.5. The van der Waals surface area contributed by atoms with Gasteiger partial charge in [0.15, 0.2) is 6.29 Å². The molecule has 4 heterocycles. The molecule has 1 fully saturated rings. The lowest BCUT2D eigenvalue weighted by Crippen LogP contribution is -2.39. The third-order valence-corrected chi connectivity index (χ3v) is 10.8. The van der Waals surface area contributed by atoms with E-state index >= 15 is 0 Å². The van der Waals surface area contributed by atoms with Crippen molar-refractivity contribution in [2.75, 3.05) is 63.8 Å². The highest BCUT2D eigenvalue weighted by atomic mass is 16.5. The summed E-state index contributed by atoms with van der Waals surface area (Å²) in [4.78, 5) is 61.7. The van der Waals surface area contributed by atoms with Gasteiger partial charge >= 0.3 is 0 Å². The lowest BCUT2D eigenvalue weighted by atomic mass is 10.1. The summed E-state index contributed by atoms with van der Waals surface area (Å²) in [5.41, 5.74) is 22.4. The van der Waals surface area contributed by atoms with Crippen LogP contribution in [0.5, 0.6) is 11.5 Å². The largest absolute Gasteiger partial charge is 0.494 e. The van der Waals surface area contributed by atoms with Crippen LogP contribution < -0.4 is 42.2 Å². The number of nitrogens with two attached hydrogens (primary N) is 3. The van der Waals surface area contributed by atoms with Crippen LogP contribution in [-0.4, -0.2) is 124 Å². The van der Waals surface area contributed by atoms with Crippen LogP contribution in [0.25, 0.3) is 11.0 Å². The van der Waals surface area contributed by atoms with Gasteiger partial charge in [-0.2, -0.15) is 10.2 Å². The molecule has 0 spiro atoms. The molecule has 1 aliphatic heterocycles. The number of fused-ring (bicyclic) bond motifs is 1. The summed E-state index contributed by atoms with van der Waals surface area (Å²) in [5, 5.41) is 14.6. The number of benzene rings is 2. The molecule has 0 aliphatic carbocycles. The molecule has 8 N–H and O–H groups in total. The highest BCUT2D eigenvalue weighted by molar-refractivity contribution is 6.04. The van der Waals surface area contributed by atoms with Crippen molar-refractivity contribution in [3.8, 4) is 11.5 Å². The number of aliphatic imine (C=N–C) groups is 1. The number of aryl methyl sites for hydroxylation is 4. The van der Waals surface area contributed by atoms with Crippen LogP contribution >= 0.6 is 0 Å². The number of likely N-dealkylation sites (tertiary alicyclic amines) is 1. The number of primary amides is 2. The van der Waals surface area contributed by atoms with Crippen molar-refractivity contribution in [1.29, 1.82) is 0 Å². The van der Waals surface area contributed by atoms with E-state index in [0.29, 0.717) is 70.7 Å². The van der Waals surface area contributed by atoms with Crippen LogP contribution in [-0.2, 0) is 19.6 Å². The maximum atomic E-state index is 13.7. The maximum Gasteiger partial charge on any atom is 0.276 e. The van der Waals surface area contributed by atoms with Crippen molar-refractivity contribution in [3.05, 3.63) is 94.6 Å². The van der Waals surface area contributed by atoms with Crippen molar-refractivity contribution in [2.24, 2.45) is 22.2 Å². The molecule has 2 aromatic carbocycles. The first-order valence-electron chi connectivity index (χ1n) is 21.7. The zero-order valence-electron chi connectivity index (χ0n) is 38.6. The fourth-order valence-corrected chi connectivity index (χ4v) is 7.51. The third-order valence-electron chi connectivity index (χ3n) is 10.8. The second-order valence-electron chi connectivity index (χ2n) is 15.5. The van der Waals surface area contributed by atoms with Gasteiger partial charge in [0.2, 0.25) is 17.8 Å². The number of nitrogens with one attached hydrogen (secondary N) is 2. The van der Waals surface area contributed by atoms with E-state index in [1.165, 1.54) is 7.11 Å². The minimum Gasteiger partial charge on any atom is -0.494 e. The summed E-state index contributed by atoms with van der Waals surface area (Å²) in [6.45, 7) is 16.4. The van der Waals surface area contributed by atoms with Gasteiger partial charge in [0.25, 0.3) is 5.91 Å². The van der Waals surface area contributed by atoms with E-state index in [1.807, 2.05) is 55.4 Å². The monoisotopic (exact) mass is 906 g/mol. The molecule has 1 saturated heterocycles. The van der Waals surface area contributed by atoms with Gasteiger partial charge in [-0.1, -0.05) is 24.3 Å². The number of ether oxygens (including phenoxy) is 2. The lowest BCUT2D eigenvalue weighted by molar-refractivity contribution is 0.0991. The van der Waals surface area contributed by atoms with E-state index in [1.54, 1.807) is 52.8 Å². The molecule has 0 saturated carbocycles. The number of hydrogen-bond acceptors (Lipinski definition) is 14. The molecule has 1 aliphatic rings. The van der Waals surface area contributed by atoms with Gasteiger partial charge in [0, 0.05) is 49.9 Å². The summed E-state index contributed by atoms with van der Waals surface area (Å²) in [5.74, 6) is -0.650. The molecule has 3 aromatic heterocycles. The zero-order valence-corrected chi connectivity index (χ0v) is 38.6. The molecule has 20 nitrogen and oxygen atoms in total. The minimum atomic E-state index is -0.643. The van der Waals surface area contributed by atoms with E-state index < -0.39 is 17.7 Å². The molecule has 0 atom stereocenters. The Morgan fingerprint density at radius 2 is 1.56 bits per heavy atom. The standard InChI is InChI=1S/C39H52N12O5.C7H10N2O/c1-6-51-31(19-25(2)47-51)38(54)46-39-45-30-21-27(37(42)53)23-33(56-18-10-9-13-48-16-11-28(40)12-17-48)35(30)50(39)15-8-7-14-49(24-43-3)34-29(44-4)20-26(36(41)52)22-32(34)55-5;1-3-9-7(5-10)4-6(2)8-9/h7-10,19-23,28,43H,4,6,11-18,24,40H2,1-3,5H3,(H2,41,52)(H2,42,53)(H,45,46,54);4-5H,3H2,1-2H3/b8-7+,10-9+;. The topological polar surface area (TPSA) is 261 Å². The first kappa shape index (κ1) is 49.8. The number of aldehydes is 1. The number of hydrogen-bond donors (Lipinski definition) is 5. The normalized spacial score (nSPS) is 13.2. The van der Waals surface area contributed by atoms with Crippen molar-refractivity contribution < 1.29 is 28.7 Å². The Balaban J connectivity index is 0.000000721. The average molecular weight is 907 g/mol. The number of methoxy groups -OCH3 is 1. The van der Waals surface area contributed by atoms with Gasteiger partial charge in [-0.3, -0.25) is 43.8 Å². The fourth-order valence-electron chi connectivity index (χ4n) is 7.51. The molecule has 0 unspecified atom stereocenters. The Morgan fingerprint density at radius 3 is 2.18 bits per heavy atom.